The van der Waals surface area contributed by atoms with Gasteiger partial charge in [-0.25, -0.2) is 0 Å². The predicted octanol–water partition coefficient (Wildman–Crippen LogP) is 0.358. The third kappa shape index (κ3) is 4.63. The van der Waals surface area contributed by atoms with Crippen molar-refractivity contribution >= 4 is 34.0 Å². The van der Waals surface area contributed by atoms with Gasteiger partial charge in [0.2, 0.25) is 0 Å². The monoisotopic (exact) mass is 203 g/mol. The zero-order chi connectivity index (χ0) is 4.28. The van der Waals surface area contributed by atoms with Gasteiger partial charge in [0.25, 0.3) is 0 Å². The molecule has 0 saturated carbocycles. The highest BCUT2D eigenvalue weighted by Gasteiger charge is 1.67. The summed E-state index contributed by atoms with van der Waals surface area (Å²) in [5.41, 5.74) is -0.981. The smallest absolute Gasteiger partial charge is 0.0717 e. The first-order valence-electron chi connectivity index (χ1n) is 0.847. The van der Waals surface area contributed by atoms with E-state index < -0.39 is 5.71 Å². The lowest BCUT2D eigenvalue weighted by Crippen LogP contribution is -2.11. The van der Waals surface area contributed by atoms with Crippen LogP contribution in [-0.2, 0) is 0 Å². The molecular formula is CHIO2P-. The number of hydrogen-bond donors (Lipinski definition) is 0. The van der Waals surface area contributed by atoms with Crippen LogP contribution in [0.3, 0.4) is 0 Å². The molecule has 0 amide bonds. The highest BCUT2D eigenvalue weighted by molar-refractivity contribution is 14.2. The lowest BCUT2D eigenvalue weighted by atomic mass is 11.6. The molecular weight excluding hydrogens is 202 g/mol. The summed E-state index contributed by atoms with van der Waals surface area (Å²) >= 11 is 1.74. The number of halogens is 1. The van der Waals surface area contributed by atoms with Crippen LogP contribution in [0.5, 0.6) is 0 Å². The Labute approximate surface area is 44.2 Å². The summed E-state index contributed by atoms with van der Waals surface area (Å²) < 4.78 is 0. The number of carbonyl (C=O) groups is 1. The third-order valence-corrected chi connectivity index (χ3v) is 1.55. The average molecular weight is 203 g/mol. The predicted molar refractivity (Wildman–Crippen MR) is 27.7 cm³/mol. The number of rotatable bonds is 1. The molecule has 1 atom stereocenters. The van der Waals surface area contributed by atoms with Gasteiger partial charge in [-0.3, -0.25) is 0 Å². The average Bonchev–Trinajstić information content (AvgIpc) is 1.38. The maximum Gasteiger partial charge on any atom is 0.0717 e. The van der Waals surface area contributed by atoms with Crippen molar-refractivity contribution in [1.29, 1.82) is 0 Å². The van der Waals surface area contributed by atoms with E-state index in [9.17, 15) is 9.90 Å². The first kappa shape index (κ1) is 5.63. The van der Waals surface area contributed by atoms with Crippen LogP contribution in [-0.4, -0.2) is 5.71 Å². The highest BCUT2D eigenvalue weighted by Crippen LogP contribution is 2.17. The van der Waals surface area contributed by atoms with Crippen LogP contribution in [0.15, 0.2) is 0 Å². The normalized spacial score (nSPS) is 9.80. The first-order valence-corrected chi connectivity index (χ1v) is 4.96. The molecule has 30 valence electrons. The van der Waals surface area contributed by atoms with Crippen molar-refractivity contribution in [2.45, 2.75) is 0 Å². The van der Waals surface area contributed by atoms with Gasteiger partial charge in [-0.2, -0.15) is 0 Å². The molecule has 2 nitrogen and oxygen atoms in total. The Kier molecular flexibility index (Phi) is 3.20. The summed E-state index contributed by atoms with van der Waals surface area (Å²) in [5.74, 6) is 0. The number of hydrogen-bond acceptors (Lipinski definition) is 2. The molecule has 4 heteroatoms. The minimum absolute atomic E-state index is 0.110. The van der Waals surface area contributed by atoms with Gasteiger partial charge in [0, 0.05) is 0 Å². The van der Waals surface area contributed by atoms with Crippen molar-refractivity contribution in [2.75, 3.05) is 0 Å². The van der Waals surface area contributed by atoms with Gasteiger partial charge >= 0.3 is 0 Å². The van der Waals surface area contributed by atoms with Gasteiger partial charge in [0.05, 0.1) is 5.71 Å². The van der Waals surface area contributed by atoms with Gasteiger partial charge in [-0.1, -0.05) is 22.0 Å². The van der Waals surface area contributed by atoms with Gasteiger partial charge in [0.1, 0.15) is 0 Å². The lowest BCUT2D eigenvalue weighted by molar-refractivity contribution is -0.232. The lowest BCUT2D eigenvalue weighted by Gasteiger charge is -1.85. The van der Waals surface area contributed by atoms with Crippen molar-refractivity contribution < 1.29 is 9.90 Å². The molecule has 0 aromatic rings. The molecule has 0 rings (SSSR count). The van der Waals surface area contributed by atoms with E-state index in [1.165, 1.54) is 0 Å². The quantitative estimate of drug-likeness (QED) is 0.455. The van der Waals surface area contributed by atoms with Crippen molar-refractivity contribution in [3.05, 3.63) is 0 Å². The van der Waals surface area contributed by atoms with E-state index in [-0.39, 0.29) is 6.22 Å². The van der Waals surface area contributed by atoms with Crippen LogP contribution >= 0.6 is 28.3 Å². The van der Waals surface area contributed by atoms with Crippen molar-refractivity contribution in [3.8, 4) is 0 Å². The molecule has 0 spiro atoms. The maximum atomic E-state index is 9.26. The van der Waals surface area contributed by atoms with E-state index in [0.717, 1.165) is 0 Å². The summed E-state index contributed by atoms with van der Waals surface area (Å²) in [7, 11) is 0. The summed E-state index contributed by atoms with van der Waals surface area (Å²) in [6.45, 7) is 0. The van der Waals surface area contributed by atoms with Crippen LogP contribution < -0.4 is 5.11 Å². The molecule has 0 bridgehead atoms. The van der Waals surface area contributed by atoms with E-state index in [1.807, 2.05) is 0 Å². The summed E-state index contributed by atoms with van der Waals surface area (Å²) in [5, 5.41) is 9.26. The van der Waals surface area contributed by atoms with Gasteiger partial charge in [-0.05, 0) is 6.22 Å². The Balaban J connectivity index is 2.85. The largest absolute Gasteiger partial charge is 0.544 e. The number of carboxylic acid groups (broad SMARTS) is 1. The van der Waals surface area contributed by atoms with Crippen LogP contribution in [0.2, 0.25) is 0 Å². The minimum atomic E-state index is -0.981. The fourth-order valence-electron chi connectivity index (χ4n) is 0. The summed E-state index contributed by atoms with van der Waals surface area (Å²) in [4.78, 5) is 9.26. The molecule has 1 unspecified atom stereocenters. The fourth-order valence-corrected chi connectivity index (χ4v) is 0. The van der Waals surface area contributed by atoms with E-state index >= 15 is 0 Å². The molecule has 5 heavy (non-hydrogen) atoms. The number of carbonyl (C=O) groups excluding carboxylic acids is 1. The zero-order valence-electron chi connectivity index (χ0n) is 2.19. The second-order valence-corrected chi connectivity index (χ2v) is 2.60. The molecule has 0 aliphatic carbocycles. The Morgan fingerprint density at radius 2 is 2.20 bits per heavy atom. The molecule has 0 aliphatic heterocycles. The topological polar surface area (TPSA) is 40.1 Å². The highest BCUT2D eigenvalue weighted by atomic mass is 127. The SMILES string of the molecule is O=C([O-])PI. The van der Waals surface area contributed by atoms with Gasteiger partial charge in [0.15, 0.2) is 0 Å². The summed E-state index contributed by atoms with van der Waals surface area (Å²) in [6, 6.07) is 0. The maximum absolute atomic E-state index is 9.26. The molecule has 0 aromatic heterocycles. The summed E-state index contributed by atoms with van der Waals surface area (Å²) in [6.07, 6.45) is -0.110. The zero-order valence-corrected chi connectivity index (χ0v) is 5.35. The molecule has 0 aromatic carbocycles. The van der Waals surface area contributed by atoms with Gasteiger partial charge in [-0.15, -0.1) is 0 Å². The van der Waals surface area contributed by atoms with E-state index in [1.54, 1.807) is 22.0 Å². The molecule has 0 fully saturated rings. The molecule has 0 N–H and O–H groups in total. The van der Waals surface area contributed by atoms with E-state index in [2.05, 4.69) is 0 Å². The Morgan fingerprint density at radius 1 is 2.00 bits per heavy atom. The standard InChI is InChI=1S/CH2IO2P/c2-5-1(3)4/h5H,(H,3,4)/p-1. The Bertz CT molecular complexity index is 44.9. The second-order valence-electron chi connectivity index (χ2n) is 0.382. The second kappa shape index (κ2) is 2.85. The Morgan fingerprint density at radius 3 is 2.20 bits per heavy atom. The van der Waals surface area contributed by atoms with Crippen molar-refractivity contribution in [2.24, 2.45) is 0 Å². The minimum Gasteiger partial charge on any atom is -0.544 e. The van der Waals surface area contributed by atoms with Crippen LogP contribution in [0, 0.1) is 0 Å². The first-order chi connectivity index (χ1) is 2.27. The third-order valence-electron chi connectivity index (χ3n) is 0.0772. The Hall–Kier alpha value is 0.630. The molecule has 0 aliphatic rings. The molecule has 0 saturated heterocycles. The van der Waals surface area contributed by atoms with Crippen LogP contribution in [0.4, 0.5) is 4.79 Å². The molecule has 0 heterocycles. The van der Waals surface area contributed by atoms with Crippen LogP contribution in [0.25, 0.3) is 0 Å². The van der Waals surface area contributed by atoms with Crippen molar-refractivity contribution in [1.82, 2.24) is 0 Å². The van der Waals surface area contributed by atoms with Gasteiger partial charge < -0.3 is 9.90 Å². The van der Waals surface area contributed by atoms with E-state index in [0.29, 0.717) is 0 Å². The van der Waals surface area contributed by atoms with Crippen LogP contribution in [0.1, 0.15) is 0 Å². The van der Waals surface area contributed by atoms with E-state index in [4.69, 9.17) is 0 Å². The molecule has 0 radical (unpaired) electrons. The fraction of sp³-hybridized carbons (Fsp3) is 0. The van der Waals surface area contributed by atoms with Crippen molar-refractivity contribution in [3.63, 3.8) is 0 Å².